The molecule has 0 saturated heterocycles. The van der Waals surface area contributed by atoms with Gasteiger partial charge in [0, 0.05) is 50.4 Å². The van der Waals surface area contributed by atoms with Crippen LogP contribution in [-0.4, -0.2) is 123 Å². The number of ether oxygens (including phenoxy) is 4. The summed E-state index contributed by atoms with van der Waals surface area (Å²) in [5.41, 5.74) is 6.98. The molecule has 368 valence electrons. The Kier molecular flexibility index (Phi) is 20.8. The van der Waals surface area contributed by atoms with Gasteiger partial charge in [-0.1, -0.05) is 55.5 Å². The Balaban J connectivity index is 0.000000273. The van der Waals surface area contributed by atoms with Gasteiger partial charge in [-0.2, -0.15) is 17.2 Å². The Hall–Kier alpha value is -6.53. The molecule has 0 aliphatic heterocycles. The first kappa shape index (κ1) is 54.1. The topological polar surface area (TPSA) is 208 Å². The van der Waals surface area contributed by atoms with Crippen molar-refractivity contribution in [3.8, 4) is 16.9 Å². The van der Waals surface area contributed by atoms with Crippen LogP contribution in [0.15, 0.2) is 72.9 Å². The zero-order valence-corrected chi connectivity index (χ0v) is 38.3. The van der Waals surface area contributed by atoms with E-state index in [1.165, 1.54) is 22.3 Å². The van der Waals surface area contributed by atoms with E-state index in [4.69, 9.17) is 18.8 Å². The molecule has 68 heavy (non-hydrogen) atoms. The minimum Gasteiger partial charge on any atom is -0.447 e. The highest BCUT2D eigenvalue weighted by molar-refractivity contribution is 7.85. The molecular weight excluding hydrogens is 928 g/mol. The van der Waals surface area contributed by atoms with Gasteiger partial charge in [-0.05, 0) is 46.9 Å². The lowest BCUT2D eigenvalue weighted by Gasteiger charge is -2.28. The maximum atomic E-state index is 13.4. The molecule has 0 radical (unpaired) electrons. The van der Waals surface area contributed by atoms with E-state index in [-0.39, 0.29) is 51.5 Å². The standard InChI is InChI=1S/C28H30N4O2.C16H17F5N2O6.CH4O3S/c1-4-16-32-21(17-20-10-9-15-29-27(20)32)18-30(2)31(3)28(33)34-19-26-24-13-7-5-11-22(24)23-12-6-8-14-25(23)26;17-11-12(18)14(20)16(15(21)13(11)19)29-10(26)1-3-27-5-6-28-4-2-23-9(25)7-22-8-24;1-5(2,3)4/h5-15,17,26H,4,16,18-19H2,1-3H3;8H,1-7H2,(H,22,24)(H,23,25);1H3,(H,2,3,4). The molecule has 1 aliphatic carbocycles. The molecule has 0 atom stereocenters. The minimum absolute atomic E-state index is 0.0243. The van der Waals surface area contributed by atoms with Gasteiger partial charge in [0.2, 0.25) is 47.2 Å². The van der Waals surface area contributed by atoms with Crippen LogP contribution in [0.3, 0.4) is 0 Å². The zero-order valence-electron chi connectivity index (χ0n) is 37.5. The quantitative estimate of drug-likeness (QED) is 0.00979. The molecule has 3 amide bonds. The summed E-state index contributed by atoms with van der Waals surface area (Å²) in [6.07, 6.45) is 3.06. The number of rotatable bonds is 20. The summed E-state index contributed by atoms with van der Waals surface area (Å²) in [6, 6.07) is 22.9. The molecular formula is C45H51F5N6O11S. The summed E-state index contributed by atoms with van der Waals surface area (Å²) in [5.74, 6) is -14.6. The highest BCUT2D eigenvalue weighted by Gasteiger charge is 2.31. The number of carbonyl (C=O) groups is 4. The van der Waals surface area contributed by atoms with Gasteiger partial charge in [-0.15, -0.1) is 0 Å². The molecule has 0 bridgehead atoms. The summed E-state index contributed by atoms with van der Waals surface area (Å²) < 4.78 is 114. The van der Waals surface area contributed by atoms with E-state index in [0.717, 1.165) is 29.7 Å². The number of amides is 3. The average molecular weight is 979 g/mol. The van der Waals surface area contributed by atoms with E-state index in [2.05, 4.69) is 80.4 Å². The normalized spacial score (nSPS) is 11.7. The molecule has 0 fully saturated rings. The van der Waals surface area contributed by atoms with E-state index in [1.807, 2.05) is 36.5 Å². The number of halogens is 5. The third-order valence-electron chi connectivity index (χ3n) is 9.81. The Bertz CT molecular complexity index is 2560. The van der Waals surface area contributed by atoms with Crippen LogP contribution in [0.1, 0.15) is 42.5 Å². The van der Waals surface area contributed by atoms with Gasteiger partial charge in [-0.3, -0.25) is 18.9 Å². The van der Waals surface area contributed by atoms with E-state index in [1.54, 1.807) is 12.1 Å². The number of fused-ring (bicyclic) bond motifs is 4. The number of nitrogens with zero attached hydrogens (tertiary/aromatic N) is 4. The fourth-order valence-corrected chi connectivity index (χ4v) is 6.69. The van der Waals surface area contributed by atoms with Gasteiger partial charge in [0.25, 0.3) is 10.1 Å². The summed E-state index contributed by atoms with van der Waals surface area (Å²) >= 11 is 0. The number of esters is 1. The molecule has 2 heterocycles. The maximum Gasteiger partial charge on any atom is 0.424 e. The fourth-order valence-electron chi connectivity index (χ4n) is 6.69. The molecule has 5 aromatic rings. The van der Waals surface area contributed by atoms with Gasteiger partial charge < -0.3 is 34.1 Å². The number of hydrogen-bond donors (Lipinski definition) is 3. The van der Waals surface area contributed by atoms with E-state index >= 15 is 0 Å². The average Bonchev–Trinajstić information content (AvgIpc) is 3.83. The van der Waals surface area contributed by atoms with E-state index < -0.39 is 63.3 Å². The number of benzene rings is 3. The predicted octanol–water partition coefficient (Wildman–Crippen LogP) is 5.75. The van der Waals surface area contributed by atoms with Crippen LogP contribution >= 0.6 is 0 Å². The molecule has 0 unspecified atom stereocenters. The molecule has 3 N–H and O–H groups in total. The van der Waals surface area contributed by atoms with Crippen LogP contribution in [0.4, 0.5) is 26.7 Å². The van der Waals surface area contributed by atoms with Crippen LogP contribution in [0.2, 0.25) is 0 Å². The number of aromatic nitrogens is 2. The number of hydrazine groups is 1. The number of carbonyl (C=O) groups excluding carboxylic acids is 4. The zero-order chi connectivity index (χ0) is 50.0. The van der Waals surface area contributed by atoms with Crippen molar-refractivity contribution < 1.29 is 73.0 Å². The monoisotopic (exact) mass is 978 g/mol. The highest BCUT2D eigenvalue weighted by Crippen LogP contribution is 2.44. The molecule has 23 heteroatoms. The Morgan fingerprint density at radius 3 is 2.01 bits per heavy atom. The predicted molar refractivity (Wildman–Crippen MR) is 237 cm³/mol. The molecule has 1 aliphatic rings. The van der Waals surface area contributed by atoms with Crippen molar-refractivity contribution in [3.63, 3.8) is 0 Å². The second kappa shape index (κ2) is 26.1. The molecule has 6 rings (SSSR count). The SMILES string of the molecule is CCCn1c(CN(C)N(C)C(=O)OCC2c3ccccc3-c3ccccc32)cc2cccnc21.CS(=O)(=O)O.O=CNCC(=O)NCCOCCOCCC(=O)Oc1c(F)c(F)c(F)c(F)c1F. The van der Waals surface area contributed by atoms with Gasteiger partial charge in [0.15, 0.2) is 0 Å². The second-order valence-corrected chi connectivity index (χ2v) is 16.2. The number of hydrogen-bond acceptors (Lipinski definition) is 12. The van der Waals surface area contributed by atoms with Crippen LogP contribution in [-0.2, 0) is 51.8 Å². The first-order chi connectivity index (χ1) is 32.4. The first-order valence-electron chi connectivity index (χ1n) is 20.8. The lowest BCUT2D eigenvalue weighted by molar-refractivity contribution is -0.136. The van der Waals surface area contributed by atoms with E-state index in [9.17, 15) is 49.5 Å². The van der Waals surface area contributed by atoms with E-state index in [0.29, 0.717) is 25.8 Å². The van der Waals surface area contributed by atoms with Gasteiger partial charge in [-0.25, -0.2) is 33.0 Å². The van der Waals surface area contributed by atoms with Crippen molar-refractivity contribution in [1.82, 2.24) is 30.2 Å². The summed E-state index contributed by atoms with van der Waals surface area (Å²) in [7, 11) is -0.00719. The Labute approximate surface area is 388 Å². The summed E-state index contributed by atoms with van der Waals surface area (Å²) in [6.45, 7) is 3.97. The molecule has 2 aromatic heterocycles. The summed E-state index contributed by atoms with van der Waals surface area (Å²) in [4.78, 5) is 50.1. The van der Waals surface area contributed by atoms with Gasteiger partial charge in [0.1, 0.15) is 12.3 Å². The number of pyridine rings is 1. The van der Waals surface area contributed by atoms with Crippen molar-refractivity contribution in [2.75, 3.05) is 66.5 Å². The van der Waals surface area contributed by atoms with Crippen LogP contribution < -0.4 is 15.4 Å². The largest absolute Gasteiger partial charge is 0.447 e. The molecule has 0 saturated carbocycles. The number of aryl methyl sites for hydroxylation is 1. The van der Waals surface area contributed by atoms with Gasteiger partial charge >= 0.3 is 12.1 Å². The van der Waals surface area contributed by atoms with Crippen molar-refractivity contribution in [2.45, 2.75) is 38.8 Å². The van der Waals surface area contributed by atoms with Crippen molar-refractivity contribution in [2.24, 2.45) is 0 Å². The van der Waals surface area contributed by atoms with Crippen molar-refractivity contribution in [3.05, 3.63) is 119 Å². The van der Waals surface area contributed by atoms with Crippen molar-refractivity contribution >= 4 is 45.5 Å². The lowest BCUT2D eigenvalue weighted by atomic mass is 9.98. The fraction of sp³-hybridized carbons (Fsp3) is 0.356. The molecule has 0 spiro atoms. The first-order valence-corrected chi connectivity index (χ1v) is 22.7. The smallest absolute Gasteiger partial charge is 0.424 e. The Morgan fingerprint density at radius 2 is 1.43 bits per heavy atom. The molecule has 17 nitrogen and oxygen atoms in total. The molecule has 3 aromatic carbocycles. The summed E-state index contributed by atoms with van der Waals surface area (Å²) in [5, 5.41) is 9.18. The van der Waals surface area contributed by atoms with Crippen molar-refractivity contribution in [1.29, 1.82) is 0 Å². The minimum atomic E-state index is -3.67. The second-order valence-electron chi connectivity index (χ2n) is 14.8. The Morgan fingerprint density at radius 1 is 0.853 bits per heavy atom. The number of nitrogens with one attached hydrogen (secondary N) is 2. The maximum absolute atomic E-state index is 13.4. The lowest BCUT2D eigenvalue weighted by Crippen LogP contribution is -2.41. The van der Waals surface area contributed by atoms with Crippen LogP contribution in [0, 0.1) is 29.1 Å². The third-order valence-corrected chi connectivity index (χ3v) is 9.81. The van der Waals surface area contributed by atoms with Gasteiger partial charge in [0.05, 0.1) is 52.2 Å². The third kappa shape index (κ3) is 15.5. The highest BCUT2D eigenvalue weighted by atomic mass is 32.2. The van der Waals surface area contributed by atoms with Crippen LogP contribution in [0.25, 0.3) is 22.2 Å². The van der Waals surface area contributed by atoms with Crippen LogP contribution in [0.5, 0.6) is 5.75 Å².